The number of nitrogens with two attached hydrogens (primary N) is 1. The molecule has 0 atom stereocenters. The molecular weight excluding hydrogens is 356 g/mol. The minimum absolute atomic E-state index is 0.00604. The third-order valence-electron chi connectivity index (χ3n) is 3.10. The van der Waals surface area contributed by atoms with Crippen LogP contribution in [0.5, 0.6) is 0 Å². The summed E-state index contributed by atoms with van der Waals surface area (Å²) in [5.41, 5.74) is 6.51. The molecule has 0 unspecified atom stereocenters. The minimum atomic E-state index is -0.637. The normalized spacial score (nSPS) is 10.9. The van der Waals surface area contributed by atoms with Crippen LogP contribution in [0.1, 0.15) is 4.88 Å². The first-order valence-electron chi connectivity index (χ1n) is 6.43. The number of nitrogens with zero attached hydrogens (tertiary/aromatic N) is 1. The molecule has 0 aliphatic heterocycles. The number of amidine groups is 1. The van der Waals surface area contributed by atoms with Crippen LogP contribution in [0.2, 0.25) is 0 Å². The van der Waals surface area contributed by atoms with Crippen molar-refractivity contribution in [1.82, 2.24) is 4.98 Å². The summed E-state index contributed by atoms with van der Waals surface area (Å²) in [6.07, 6.45) is 1.92. The van der Waals surface area contributed by atoms with Gasteiger partial charge >= 0.3 is 0 Å². The number of nitrogens with one attached hydrogen (secondary N) is 1. The van der Waals surface area contributed by atoms with Crippen molar-refractivity contribution in [2.75, 3.05) is 6.26 Å². The lowest BCUT2D eigenvalue weighted by Gasteiger charge is -2.00. The van der Waals surface area contributed by atoms with E-state index in [0.29, 0.717) is 9.88 Å². The fourth-order valence-corrected chi connectivity index (χ4v) is 4.75. The Morgan fingerprint density at radius 1 is 1.30 bits per heavy atom. The Bertz CT molecular complexity index is 866. The van der Waals surface area contributed by atoms with E-state index in [-0.39, 0.29) is 17.1 Å². The highest BCUT2D eigenvalue weighted by Crippen LogP contribution is 2.40. The first kappa shape index (κ1) is 16.1. The molecule has 0 fully saturated rings. The maximum absolute atomic E-state index is 13.9. The number of rotatable bonds is 4. The third-order valence-corrected chi connectivity index (χ3v) is 6.28. The lowest BCUT2D eigenvalue weighted by molar-refractivity contribution is 0.589. The van der Waals surface area contributed by atoms with Gasteiger partial charge in [0.05, 0.1) is 20.3 Å². The van der Waals surface area contributed by atoms with Gasteiger partial charge in [0.2, 0.25) is 0 Å². The van der Waals surface area contributed by atoms with Gasteiger partial charge in [-0.05, 0) is 24.5 Å². The highest BCUT2D eigenvalue weighted by atomic mass is 32.2. The minimum Gasteiger partial charge on any atom is -0.383 e. The van der Waals surface area contributed by atoms with E-state index in [1.807, 2.05) is 6.26 Å². The SMILES string of the molecule is CSc1sc(C(=N)N)cc1-c1nc(-c2c(F)cccc2F)cs1. The molecule has 0 saturated heterocycles. The van der Waals surface area contributed by atoms with E-state index < -0.39 is 11.6 Å². The van der Waals surface area contributed by atoms with Crippen LogP contribution in [-0.2, 0) is 0 Å². The predicted octanol–water partition coefficient (Wildman–Crippen LogP) is 4.82. The Hall–Kier alpha value is -1.77. The van der Waals surface area contributed by atoms with E-state index in [1.54, 1.807) is 11.4 Å². The van der Waals surface area contributed by atoms with Gasteiger partial charge in [-0.25, -0.2) is 13.8 Å². The summed E-state index contributed by atoms with van der Waals surface area (Å²) in [7, 11) is 0. The van der Waals surface area contributed by atoms with Crippen LogP contribution >= 0.6 is 34.4 Å². The molecule has 3 aromatic rings. The molecule has 3 nitrogen and oxygen atoms in total. The van der Waals surface area contributed by atoms with E-state index in [2.05, 4.69) is 4.98 Å². The Labute approximate surface area is 143 Å². The molecule has 0 aliphatic carbocycles. The average Bonchev–Trinajstić information content (AvgIpc) is 3.13. The second kappa shape index (κ2) is 6.38. The second-order valence-corrected chi connectivity index (χ2v) is 7.55. The molecule has 0 spiro atoms. The van der Waals surface area contributed by atoms with E-state index in [1.165, 1.54) is 52.6 Å². The van der Waals surface area contributed by atoms with Gasteiger partial charge in [0, 0.05) is 10.9 Å². The number of thiazole rings is 1. The molecule has 0 amide bonds. The number of thiophene rings is 1. The molecule has 0 aliphatic rings. The number of thioether (sulfide) groups is 1. The maximum Gasteiger partial charge on any atom is 0.135 e. The highest BCUT2D eigenvalue weighted by molar-refractivity contribution is 8.00. The van der Waals surface area contributed by atoms with E-state index in [0.717, 1.165) is 9.77 Å². The summed E-state index contributed by atoms with van der Waals surface area (Å²) in [5, 5.41) is 9.82. The molecule has 0 bridgehead atoms. The van der Waals surface area contributed by atoms with Crippen LogP contribution in [0.15, 0.2) is 33.9 Å². The summed E-state index contributed by atoms with van der Waals surface area (Å²) >= 11 is 4.24. The zero-order chi connectivity index (χ0) is 16.6. The Kier molecular flexibility index (Phi) is 4.47. The van der Waals surface area contributed by atoms with Crippen molar-refractivity contribution >= 4 is 40.3 Å². The van der Waals surface area contributed by atoms with Crippen LogP contribution < -0.4 is 5.73 Å². The van der Waals surface area contributed by atoms with Gasteiger partial charge in [0.1, 0.15) is 22.5 Å². The van der Waals surface area contributed by atoms with Gasteiger partial charge in [-0.2, -0.15) is 0 Å². The molecule has 8 heteroatoms. The standard InChI is InChI=1S/C15H11F2N3S3/c1-21-15-7(5-11(23-15)13(18)19)14-20-10(6-22-14)12-8(16)3-2-4-9(12)17/h2-6H,1H3,(H3,18,19). The molecule has 1 aromatic carbocycles. The zero-order valence-electron chi connectivity index (χ0n) is 11.9. The maximum atomic E-state index is 13.9. The van der Waals surface area contributed by atoms with Crippen molar-refractivity contribution in [3.63, 3.8) is 0 Å². The Morgan fingerprint density at radius 3 is 2.61 bits per heavy atom. The topological polar surface area (TPSA) is 62.8 Å². The second-order valence-electron chi connectivity index (χ2n) is 4.56. The molecule has 118 valence electrons. The average molecular weight is 367 g/mol. The van der Waals surface area contributed by atoms with E-state index in [4.69, 9.17) is 11.1 Å². The van der Waals surface area contributed by atoms with E-state index in [9.17, 15) is 8.78 Å². The van der Waals surface area contributed by atoms with Crippen LogP contribution in [0, 0.1) is 17.0 Å². The highest BCUT2D eigenvalue weighted by Gasteiger charge is 2.18. The molecule has 0 saturated carbocycles. The van der Waals surface area contributed by atoms with Crippen molar-refractivity contribution in [3.05, 3.63) is 46.2 Å². The van der Waals surface area contributed by atoms with Crippen LogP contribution in [0.4, 0.5) is 8.78 Å². The fraction of sp³-hybridized carbons (Fsp3) is 0.0667. The molecule has 3 N–H and O–H groups in total. The molecule has 2 aromatic heterocycles. The summed E-state index contributed by atoms with van der Waals surface area (Å²) < 4.78 is 28.7. The number of hydrogen-bond acceptors (Lipinski definition) is 5. The number of hydrogen-bond donors (Lipinski definition) is 2. The van der Waals surface area contributed by atoms with E-state index >= 15 is 0 Å². The molecule has 2 heterocycles. The number of halogens is 2. The van der Waals surface area contributed by atoms with Crippen LogP contribution in [0.3, 0.4) is 0 Å². The fourth-order valence-electron chi connectivity index (χ4n) is 2.06. The Balaban J connectivity index is 2.08. The van der Waals surface area contributed by atoms with Crippen LogP contribution in [0.25, 0.3) is 21.8 Å². The summed E-state index contributed by atoms with van der Waals surface area (Å²) in [6.45, 7) is 0. The van der Waals surface area contributed by atoms with Gasteiger partial charge in [0.15, 0.2) is 0 Å². The molecule has 0 radical (unpaired) electrons. The van der Waals surface area contributed by atoms with Gasteiger partial charge in [-0.15, -0.1) is 34.4 Å². The van der Waals surface area contributed by atoms with Gasteiger partial charge < -0.3 is 5.73 Å². The van der Waals surface area contributed by atoms with Crippen molar-refractivity contribution < 1.29 is 8.78 Å². The molecular formula is C15H11F2N3S3. The lowest BCUT2D eigenvalue weighted by Crippen LogP contribution is -2.08. The van der Waals surface area contributed by atoms with Crippen LogP contribution in [-0.4, -0.2) is 17.1 Å². The van der Waals surface area contributed by atoms with Gasteiger partial charge in [-0.1, -0.05) is 6.07 Å². The van der Waals surface area contributed by atoms with Crippen molar-refractivity contribution in [2.45, 2.75) is 4.21 Å². The van der Waals surface area contributed by atoms with Gasteiger partial charge in [-0.3, -0.25) is 5.41 Å². The molecule has 23 heavy (non-hydrogen) atoms. The largest absolute Gasteiger partial charge is 0.383 e. The van der Waals surface area contributed by atoms with Crippen molar-refractivity contribution in [3.8, 4) is 21.8 Å². The summed E-state index contributed by atoms with van der Waals surface area (Å²) in [6, 6.07) is 5.54. The quantitative estimate of drug-likeness (QED) is 0.395. The first-order valence-corrected chi connectivity index (χ1v) is 9.36. The third kappa shape index (κ3) is 3.01. The van der Waals surface area contributed by atoms with Crippen molar-refractivity contribution in [2.24, 2.45) is 5.73 Å². The predicted molar refractivity (Wildman–Crippen MR) is 93.6 cm³/mol. The van der Waals surface area contributed by atoms with Gasteiger partial charge in [0.25, 0.3) is 0 Å². The summed E-state index contributed by atoms with van der Waals surface area (Å²) in [4.78, 5) is 5.03. The number of nitrogen functional groups attached to an aromatic ring is 1. The summed E-state index contributed by atoms with van der Waals surface area (Å²) in [5.74, 6) is -1.28. The number of benzene rings is 1. The smallest absolute Gasteiger partial charge is 0.135 e. The Morgan fingerprint density at radius 2 is 2.00 bits per heavy atom. The zero-order valence-corrected chi connectivity index (χ0v) is 14.3. The lowest BCUT2D eigenvalue weighted by atomic mass is 10.1. The first-order chi connectivity index (χ1) is 11.0. The molecule has 3 rings (SSSR count). The van der Waals surface area contributed by atoms with Crippen molar-refractivity contribution in [1.29, 1.82) is 5.41 Å². The monoisotopic (exact) mass is 367 g/mol. The number of aromatic nitrogens is 1.